The van der Waals surface area contributed by atoms with Crippen LogP contribution >= 0.6 is 47.1 Å². The lowest BCUT2D eigenvalue weighted by Crippen LogP contribution is -2.20. The van der Waals surface area contributed by atoms with Gasteiger partial charge >= 0.3 is 12.2 Å². The molecule has 0 saturated heterocycles. The SMILES string of the molecule is O=C(OCCOC(=O)N(Cl)Cl)N(Cl)Cl. The van der Waals surface area contributed by atoms with Gasteiger partial charge in [0.2, 0.25) is 0 Å². The van der Waals surface area contributed by atoms with Crippen molar-refractivity contribution in [1.29, 1.82) is 0 Å². The van der Waals surface area contributed by atoms with Crippen LogP contribution in [0.5, 0.6) is 0 Å². The van der Waals surface area contributed by atoms with Gasteiger partial charge in [0.15, 0.2) is 0 Å². The van der Waals surface area contributed by atoms with Crippen LogP contribution in [0.15, 0.2) is 0 Å². The summed E-state index contributed by atoms with van der Waals surface area (Å²) in [6.07, 6.45) is -1.98. The molecule has 14 heavy (non-hydrogen) atoms. The number of carbonyl (C=O) groups excluding carboxylic acids is 2. The van der Waals surface area contributed by atoms with Gasteiger partial charge in [-0.2, -0.15) is 0 Å². The normalized spacial score (nSPS) is 9.14. The third-order valence-electron chi connectivity index (χ3n) is 0.810. The number of hydrogen-bond donors (Lipinski definition) is 0. The lowest BCUT2D eigenvalue weighted by Gasteiger charge is -2.07. The minimum Gasteiger partial charge on any atom is -0.444 e. The third kappa shape index (κ3) is 6.20. The standard InChI is InChI=1S/C4H4Cl4N2O4/c5-9(6)3(11)13-1-2-14-4(12)10(7)8/h1-2H2. The second kappa shape index (κ2) is 7.05. The van der Waals surface area contributed by atoms with Gasteiger partial charge in [-0.1, -0.05) is 0 Å². The average molecular weight is 286 g/mol. The molecule has 10 heteroatoms. The van der Waals surface area contributed by atoms with Crippen molar-refractivity contribution >= 4 is 59.3 Å². The van der Waals surface area contributed by atoms with Crippen molar-refractivity contribution in [2.45, 2.75) is 0 Å². The quantitative estimate of drug-likeness (QED) is 0.590. The average Bonchev–Trinajstić information content (AvgIpc) is 2.11. The summed E-state index contributed by atoms with van der Waals surface area (Å²) in [5.74, 6) is 0. The molecule has 0 heterocycles. The molecule has 2 amide bonds. The first-order chi connectivity index (χ1) is 6.45. The van der Waals surface area contributed by atoms with Crippen molar-refractivity contribution in [1.82, 2.24) is 7.88 Å². The molecule has 0 rings (SSSR count). The van der Waals surface area contributed by atoms with Crippen LogP contribution in [0.4, 0.5) is 9.59 Å². The van der Waals surface area contributed by atoms with Crippen LogP contribution < -0.4 is 0 Å². The van der Waals surface area contributed by atoms with E-state index in [-0.39, 0.29) is 21.1 Å². The highest BCUT2D eigenvalue weighted by atomic mass is 35.5. The van der Waals surface area contributed by atoms with Crippen molar-refractivity contribution in [3.8, 4) is 0 Å². The van der Waals surface area contributed by atoms with Crippen LogP contribution in [0.2, 0.25) is 0 Å². The second-order valence-electron chi connectivity index (χ2n) is 1.69. The van der Waals surface area contributed by atoms with Gasteiger partial charge in [0.25, 0.3) is 0 Å². The molecular formula is C4H4Cl4N2O4. The minimum atomic E-state index is -0.988. The zero-order valence-electron chi connectivity index (χ0n) is 6.45. The Balaban J connectivity index is 3.48. The molecule has 82 valence electrons. The van der Waals surface area contributed by atoms with E-state index in [2.05, 4.69) is 9.47 Å². The number of nitrogens with zero attached hydrogens (tertiary/aromatic N) is 2. The maximum absolute atomic E-state index is 10.6. The summed E-state index contributed by atoms with van der Waals surface area (Å²) in [5, 5.41) is 0. The Kier molecular flexibility index (Phi) is 6.90. The highest BCUT2D eigenvalue weighted by Crippen LogP contribution is 2.03. The molecular weight excluding hydrogens is 282 g/mol. The van der Waals surface area contributed by atoms with Crippen molar-refractivity contribution < 1.29 is 19.1 Å². The van der Waals surface area contributed by atoms with Crippen molar-refractivity contribution in [3.05, 3.63) is 0 Å². The fourth-order valence-electron chi connectivity index (χ4n) is 0.356. The van der Waals surface area contributed by atoms with Gasteiger partial charge in [-0.3, -0.25) is 0 Å². The van der Waals surface area contributed by atoms with Crippen LogP contribution in [0.1, 0.15) is 0 Å². The van der Waals surface area contributed by atoms with E-state index in [0.717, 1.165) is 0 Å². The van der Waals surface area contributed by atoms with Gasteiger partial charge in [0.05, 0.1) is 0 Å². The first kappa shape index (κ1) is 13.7. The maximum Gasteiger partial charge on any atom is 0.440 e. The number of carbonyl (C=O) groups is 2. The monoisotopic (exact) mass is 284 g/mol. The van der Waals surface area contributed by atoms with Gasteiger partial charge in [-0.25, -0.2) is 9.59 Å². The minimum absolute atomic E-state index is 0.192. The molecule has 6 nitrogen and oxygen atoms in total. The highest BCUT2D eigenvalue weighted by Gasteiger charge is 2.11. The number of rotatable bonds is 3. The molecule has 0 fully saturated rings. The van der Waals surface area contributed by atoms with Gasteiger partial charge < -0.3 is 9.47 Å². The van der Waals surface area contributed by atoms with Crippen LogP contribution in [-0.4, -0.2) is 33.3 Å². The molecule has 0 unspecified atom stereocenters. The molecule has 0 saturated carbocycles. The number of amides is 2. The molecule has 0 radical (unpaired) electrons. The van der Waals surface area contributed by atoms with Gasteiger partial charge in [0.1, 0.15) is 13.2 Å². The lowest BCUT2D eigenvalue weighted by molar-refractivity contribution is 0.0898. The molecule has 0 atom stereocenters. The molecule has 0 aliphatic rings. The summed E-state index contributed by atoms with van der Waals surface area (Å²) in [4.78, 5) is 21.1. The summed E-state index contributed by atoms with van der Waals surface area (Å²) in [6.45, 7) is -0.440. The summed E-state index contributed by atoms with van der Waals surface area (Å²) >= 11 is 19.9. The number of ether oxygens (including phenoxy) is 2. The van der Waals surface area contributed by atoms with E-state index < -0.39 is 12.2 Å². The summed E-state index contributed by atoms with van der Waals surface area (Å²) in [5.41, 5.74) is 0. The fraction of sp³-hybridized carbons (Fsp3) is 0.500. The lowest BCUT2D eigenvalue weighted by atomic mass is 10.8. The largest absolute Gasteiger partial charge is 0.444 e. The Morgan fingerprint density at radius 1 is 0.857 bits per heavy atom. The highest BCUT2D eigenvalue weighted by molar-refractivity contribution is 6.41. The number of halogens is 4. The molecule has 0 aliphatic carbocycles. The first-order valence-corrected chi connectivity index (χ1v) is 4.37. The van der Waals surface area contributed by atoms with Crippen LogP contribution in [0.25, 0.3) is 0 Å². The third-order valence-corrected chi connectivity index (χ3v) is 1.36. The fourth-order valence-corrected chi connectivity index (χ4v) is 0.551. The maximum atomic E-state index is 10.6. The van der Waals surface area contributed by atoms with Gasteiger partial charge in [-0.05, 0) is 0 Å². The predicted molar refractivity (Wildman–Crippen MR) is 49.8 cm³/mol. The zero-order valence-corrected chi connectivity index (χ0v) is 9.48. The Hall–Kier alpha value is -0.300. The molecule has 0 aliphatic heterocycles. The predicted octanol–water partition coefficient (Wildman–Crippen LogP) is 2.48. The van der Waals surface area contributed by atoms with Crippen molar-refractivity contribution in [2.75, 3.05) is 13.2 Å². The molecule has 0 aromatic heterocycles. The zero-order chi connectivity index (χ0) is 11.1. The van der Waals surface area contributed by atoms with E-state index in [1.54, 1.807) is 0 Å². The molecule has 0 spiro atoms. The Bertz CT molecular complexity index is 190. The van der Waals surface area contributed by atoms with Gasteiger partial charge in [0, 0.05) is 47.1 Å². The second-order valence-corrected chi connectivity index (χ2v) is 3.39. The summed E-state index contributed by atoms with van der Waals surface area (Å²) in [6, 6.07) is 0. The van der Waals surface area contributed by atoms with Crippen LogP contribution in [0.3, 0.4) is 0 Å². The van der Waals surface area contributed by atoms with E-state index in [4.69, 9.17) is 47.1 Å². The first-order valence-electron chi connectivity index (χ1n) is 3.02. The number of hydrogen-bond acceptors (Lipinski definition) is 4. The van der Waals surface area contributed by atoms with Crippen molar-refractivity contribution in [3.63, 3.8) is 0 Å². The molecule has 0 aromatic rings. The molecule has 0 aromatic carbocycles. The van der Waals surface area contributed by atoms with Gasteiger partial charge in [-0.15, -0.1) is 7.88 Å². The topological polar surface area (TPSA) is 59.1 Å². The summed E-state index contributed by atoms with van der Waals surface area (Å²) < 4.78 is 9.13. The van der Waals surface area contributed by atoms with E-state index in [1.807, 2.05) is 0 Å². The van der Waals surface area contributed by atoms with Crippen molar-refractivity contribution in [2.24, 2.45) is 0 Å². The van der Waals surface area contributed by atoms with E-state index >= 15 is 0 Å². The van der Waals surface area contributed by atoms with E-state index in [0.29, 0.717) is 0 Å². The summed E-state index contributed by atoms with van der Waals surface area (Å²) in [7, 11) is 0. The Morgan fingerprint density at radius 2 is 1.14 bits per heavy atom. The van der Waals surface area contributed by atoms with E-state index in [1.165, 1.54) is 0 Å². The smallest absolute Gasteiger partial charge is 0.440 e. The Labute approximate surface area is 99.6 Å². The molecule has 0 bridgehead atoms. The van der Waals surface area contributed by atoms with E-state index in [9.17, 15) is 9.59 Å². The van der Waals surface area contributed by atoms with Crippen LogP contribution in [-0.2, 0) is 9.47 Å². The van der Waals surface area contributed by atoms with Crippen LogP contribution in [0, 0.1) is 0 Å². The molecule has 0 N–H and O–H groups in total. The Morgan fingerprint density at radius 3 is 1.36 bits per heavy atom.